The maximum atomic E-state index is 14.5. The quantitative estimate of drug-likeness (QED) is 0.227. The van der Waals surface area contributed by atoms with Crippen LogP contribution in [0.3, 0.4) is 0 Å². The highest BCUT2D eigenvalue weighted by atomic mass is 32.1. The van der Waals surface area contributed by atoms with Gasteiger partial charge in [-0.3, -0.25) is 19.1 Å². The van der Waals surface area contributed by atoms with Gasteiger partial charge in [0.25, 0.3) is 11.5 Å². The monoisotopic (exact) mass is 695 g/mol. The Balaban J connectivity index is 1.14. The average molecular weight is 696 g/mol. The van der Waals surface area contributed by atoms with E-state index >= 15 is 0 Å². The zero-order valence-electron chi connectivity index (χ0n) is 28.6. The Bertz CT molecular complexity index is 2130. The largest absolute Gasteiger partial charge is 0.348 e. The highest BCUT2D eigenvalue weighted by Gasteiger charge is 2.29. The number of carbonyl (C=O) groups excluding carboxylic acids is 1. The molecule has 1 aliphatic carbocycles. The highest BCUT2D eigenvalue weighted by Crippen LogP contribution is 2.29. The molecule has 7 rings (SSSR count). The fourth-order valence-electron chi connectivity index (χ4n) is 7.42. The maximum absolute atomic E-state index is 14.5. The lowest BCUT2D eigenvalue weighted by molar-refractivity contribution is 0.0917. The predicted molar refractivity (Wildman–Crippen MR) is 195 cm³/mol. The molecule has 0 bridgehead atoms. The molecule has 50 heavy (non-hydrogen) atoms. The molecule has 1 saturated heterocycles. The molecule has 3 aromatic heterocycles. The van der Waals surface area contributed by atoms with E-state index in [0.717, 1.165) is 48.0 Å². The van der Waals surface area contributed by atoms with Gasteiger partial charge in [0.1, 0.15) is 11.5 Å². The normalized spacial score (nSPS) is 18.9. The number of benzene rings is 2. The van der Waals surface area contributed by atoms with Crippen molar-refractivity contribution in [2.45, 2.75) is 70.1 Å². The highest BCUT2D eigenvalue weighted by molar-refractivity contribution is 7.09. The summed E-state index contributed by atoms with van der Waals surface area (Å²) in [7, 11) is 4.31. The van der Waals surface area contributed by atoms with Gasteiger partial charge in [-0.25, -0.2) is 23.7 Å². The molecule has 0 spiro atoms. The van der Waals surface area contributed by atoms with E-state index in [1.165, 1.54) is 38.9 Å². The first-order valence-corrected chi connectivity index (χ1v) is 18.2. The minimum absolute atomic E-state index is 0.0447. The molecule has 1 saturated carbocycles. The lowest BCUT2D eigenvalue weighted by Crippen LogP contribution is -2.45. The molecule has 1 aliphatic heterocycles. The van der Waals surface area contributed by atoms with Crippen molar-refractivity contribution in [2.24, 2.45) is 0 Å². The van der Waals surface area contributed by atoms with Crippen LogP contribution in [0.5, 0.6) is 0 Å². The third-order valence-electron chi connectivity index (χ3n) is 10.2. The van der Waals surface area contributed by atoms with Crippen LogP contribution in [0.25, 0.3) is 27.8 Å². The molecule has 1 N–H and O–H groups in total. The second kappa shape index (κ2) is 14.4. The van der Waals surface area contributed by atoms with Gasteiger partial charge in [-0.1, -0.05) is 36.4 Å². The predicted octanol–water partition coefficient (Wildman–Crippen LogP) is 5.56. The van der Waals surface area contributed by atoms with Crippen LogP contribution in [0.2, 0.25) is 0 Å². The minimum Gasteiger partial charge on any atom is -0.348 e. The zero-order chi connectivity index (χ0) is 34.9. The molecule has 2 aliphatic rings. The number of aromatic nitrogens is 4. The minimum atomic E-state index is -0.647. The summed E-state index contributed by atoms with van der Waals surface area (Å²) in [4.78, 5) is 54.1. The summed E-state index contributed by atoms with van der Waals surface area (Å²) in [6.45, 7) is 4.93. The zero-order valence-corrected chi connectivity index (χ0v) is 29.5. The van der Waals surface area contributed by atoms with E-state index < -0.39 is 23.1 Å². The van der Waals surface area contributed by atoms with E-state index in [4.69, 9.17) is 0 Å². The summed E-state index contributed by atoms with van der Waals surface area (Å²) in [5, 5.41) is 5.65. The summed E-state index contributed by atoms with van der Waals surface area (Å²) in [5.74, 6) is -0.870. The molecule has 10 nitrogen and oxygen atoms in total. The number of hydrogen-bond acceptors (Lipinski definition) is 8. The van der Waals surface area contributed by atoms with Crippen molar-refractivity contribution < 1.29 is 9.18 Å². The second-order valence-electron chi connectivity index (χ2n) is 13.8. The molecule has 4 heterocycles. The van der Waals surface area contributed by atoms with E-state index in [0.29, 0.717) is 43.1 Å². The molecule has 0 atom stereocenters. The van der Waals surface area contributed by atoms with Gasteiger partial charge in [0, 0.05) is 30.1 Å². The SMILES string of the molecule is Cc1nc(C(=O)N[C@H]2CC[C@@H](n3c(=O)c4cc(F)cnc4n(-c4cccc(-c5ccc(CN6CCC(N(C)C)CC6)cc5)c4)c3=O)CC2)cs1. The van der Waals surface area contributed by atoms with Crippen LogP contribution in [0.4, 0.5) is 4.39 Å². The van der Waals surface area contributed by atoms with E-state index in [1.54, 1.807) is 5.38 Å². The number of hydrogen-bond donors (Lipinski definition) is 1. The van der Waals surface area contributed by atoms with Crippen LogP contribution in [0, 0.1) is 12.7 Å². The smallest absolute Gasteiger partial charge is 0.337 e. The summed E-state index contributed by atoms with van der Waals surface area (Å²) < 4.78 is 17.2. The number of likely N-dealkylation sites (tertiary alicyclic amines) is 1. The van der Waals surface area contributed by atoms with E-state index in [-0.39, 0.29) is 23.0 Å². The van der Waals surface area contributed by atoms with Crippen LogP contribution >= 0.6 is 11.3 Å². The molecular formula is C38H42FN7O3S. The summed E-state index contributed by atoms with van der Waals surface area (Å²) in [6.07, 6.45) is 5.57. The number of amides is 1. The topological polar surface area (TPSA) is 105 Å². The third kappa shape index (κ3) is 7.05. The third-order valence-corrected chi connectivity index (χ3v) is 11.0. The average Bonchev–Trinajstić information content (AvgIpc) is 3.56. The van der Waals surface area contributed by atoms with Crippen molar-refractivity contribution in [2.75, 3.05) is 27.2 Å². The number of carbonyl (C=O) groups is 1. The van der Waals surface area contributed by atoms with Crippen LogP contribution in [0.1, 0.15) is 65.6 Å². The Morgan fingerprint density at radius 2 is 1.72 bits per heavy atom. The Kier molecular flexibility index (Phi) is 9.76. The number of nitrogens with one attached hydrogen (secondary N) is 1. The van der Waals surface area contributed by atoms with Gasteiger partial charge >= 0.3 is 5.69 Å². The lowest BCUT2D eigenvalue weighted by Gasteiger charge is -2.35. The fraction of sp³-hybridized carbons (Fsp3) is 0.395. The van der Waals surface area contributed by atoms with Crippen LogP contribution in [0.15, 0.2) is 75.8 Å². The molecule has 5 aromatic rings. The molecule has 2 aromatic carbocycles. The summed E-state index contributed by atoms with van der Waals surface area (Å²) in [6, 6.07) is 17.4. The Morgan fingerprint density at radius 1 is 0.980 bits per heavy atom. The number of pyridine rings is 1. The molecular weight excluding hydrogens is 654 g/mol. The molecule has 2 fully saturated rings. The number of thiazole rings is 1. The van der Waals surface area contributed by atoms with Crippen LogP contribution < -0.4 is 16.6 Å². The number of rotatable bonds is 8. The molecule has 260 valence electrons. The van der Waals surface area contributed by atoms with Gasteiger partial charge in [0.05, 0.1) is 22.3 Å². The fourth-order valence-corrected chi connectivity index (χ4v) is 8.01. The van der Waals surface area contributed by atoms with E-state index in [2.05, 4.69) is 63.4 Å². The van der Waals surface area contributed by atoms with E-state index in [9.17, 15) is 18.8 Å². The van der Waals surface area contributed by atoms with Gasteiger partial charge < -0.3 is 10.2 Å². The second-order valence-corrected chi connectivity index (χ2v) is 14.8. The Labute approximate surface area is 294 Å². The standard InChI is InChI=1S/C38H42FN7O3S/c1-24-41-34(23-50-24)36(47)42-29-11-13-31(14-12-29)46-37(48)33-20-28(39)21-40-35(33)45(38(46)49)32-6-4-5-27(19-32)26-9-7-25(8-10-26)22-44-17-15-30(16-18-44)43(2)3/h4-10,19-21,23,29-31H,11-18,22H2,1-3H3,(H,42,47)/t29-,31+. The van der Waals surface area contributed by atoms with Crippen molar-refractivity contribution in [3.8, 4) is 16.8 Å². The van der Waals surface area contributed by atoms with Crippen molar-refractivity contribution in [1.29, 1.82) is 0 Å². The van der Waals surface area contributed by atoms with Crippen molar-refractivity contribution in [3.63, 3.8) is 0 Å². The first-order chi connectivity index (χ1) is 24.1. The maximum Gasteiger partial charge on any atom is 0.337 e. The van der Waals surface area contributed by atoms with Gasteiger partial charge in [0.2, 0.25) is 0 Å². The number of aryl methyl sites for hydroxylation is 1. The number of nitrogens with zero attached hydrogens (tertiary/aromatic N) is 6. The van der Waals surface area contributed by atoms with Crippen molar-refractivity contribution in [3.05, 3.63) is 109 Å². The Morgan fingerprint density at radius 3 is 2.40 bits per heavy atom. The van der Waals surface area contributed by atoms with Gasteiger partial charge in [-0.05, 0) is 108 Å². The van der Waals surface area contributed by atoms with Crippen molar-refractivity contribution >= 4 is 28.3 Å². The van der Waals surface area contributed by atoms with Gasteiger partial charge in [0.15, 0.2) is 5.65 Å². The van der Waals surface area contributed by atoms with Gasteiger partial charge in [-0.2, -0.15) is 0 Å². The number of piperidine rings is 1. The lowest BCUT2D eigenvalue weighted by atomic mass is 9.90. The van der Waals surface area contributed by atoms with Crippen molar-refractivity contribution in [1.82, 2.24) is 34.2 Å². The number of halogens is 1. The summed E-state index contributed by atoms with van der Waals surface area (Å²) in [5.41, 5.74) is 3.13. The first-order valence-electron chi connectivity index (χ1n) is 17.3. The van der Waals surface area contributed by atoms with Crippen LogP contribution in [-0.2, 0) is 6.54 Å². The molecule has 0 radical (unpaired) electrons. The Hall–Kier alpha value is -4.52. The van der Waals surface area contributed by atoms with Gasteiger partial charge in [-0.15, -0.1) is 11.3 Å². The van der Waals surface area contributed by atoms with E-state index in [1.807, 2.05) is 31.2 Å². The molecule has 1 amide bonds. The van der Waals surface area contributed by atoms with Crippen LogP contribution in [-0.4, -0.2) is 74.1 Å². The first kappa shape index (κ1) is 34.0. The summed E-state index contributed by atoms with van der Waals surface area (Å²) >= 11 is 1.42. The number of fused-ring (bicyclic) bond motifs is 1. The molecule has 0 unspecified atom stereocenters. The molecule has 12 heteroatoms.